The second-order valence-corrected chi connectivity index (χ2v) is 7.34. The van der Waals surface area contributed by atoms with E-state index in [4.69, 9.17) is 4.98 Å². The summed E-state index contributed by atoms with van der Waals surface area (Å²) in [5.41, 5.74) is 1.77. The number of carbonyl (C=O) groups is 1. The Balaban J connectivity index is 1.48. The molecule has 0 saturated carbocycles. The van der Waals surface area contributed by atoms with Crippen LogP contribution in [0.3, 0.4) is 0 Å². The second-order valence-electron chi connectivity index (χ2n) is 7.34. The number of anilines is 1. The topological polar surface area (TPSA) is 58.1 Å². The van der Waals surface area contributed by atoms with Crippen molar-refractivity contribution in [1.29, 1.82) is 0 Å². The summed E-state index contributed by atoms with van der Waals surface area (Å²) in [4.78, 5) is 22.1. The van der Waals surface area contributed by atoms with Crippen molar-refractivity contribution in [3.63, 3.8) is 0 Å². The largest absolute Gasteiger partial charge is 0.471 e. The highest BCUT2D eigenvalue weighted by atomic mass is 19.4. The van der Waals surface area contributed by atoms with E-state index < -0.39 is 12.1 Å². The first-order valence-corrected chi connectivity index (χ1v) is 9.86. The van der Waals surface area contributed by atoms with Gasteiger partial charge >= 0.3 is 12.1 Å². The number of amides is 1. The normalized spacial score (nSPS) is 16.8. The van der Waals surface area contributed by atoms with E-state index in [9.17, 15) is 18.0 Å². The molecule has 2 aromatic carbocycles. The number of aromatic nitrogens is 2. The lowest BCUT2D eigenvalue weighted by molar-refractivity contribution is -0.173. The molecule has 0 radical (unpaired) electrons. The summed E-state index contributed by atoms with van der Waals surface area (Å²) in [6.45, 7) is 0.697. The molecule has 0 aliphatic carbocycles. The first kappa shape index (κ1) is 20.1. The van der Waals surface area contributed by atoms with Crippen LogP contribution in [0.15, 0.2) is 54.7 Å². The highest BCUT2D eigenvalue weighted by Gasteiger charge is 2.38. The van der Waals surface area contributed by atoms with E-state index in [1.165, 1.54) is 0 Å². The zero-order valence-corrected chi connectivity index (χ0v) is 16.2. The molecular weight excluding hydrogens is 393 g/mol. The standard InChI is InChI=1S/C22H21F3N4O/c23-22(24,25)20(30)26-11-9-18-6-3-13-29(18)21-27-12-10-19(28-21)17-8-7-15-4-1-2-5-16(15)14-17/h1-2,4-5,7-8,10,12,14,18H,3,6,9,11,13H2,(H,26,30). The Bertz CT molecular complexity index is 1050. The molecule has 1 aliphatic heterocycles. The summed E-state index contributed by atoms with van der Waals surface area (Å²) in [6, 6.07) is 16.1. The fraction of sp³-hybridized carbons (Fsp3) is 0.318. The molecule has 0 bridgehead atoms. The maximum Gasteiger partial charge on any atom is 0.471 e. The number of carbonyl (C=O) groups excluding carboxylic acids is 1. The van der Waals surface area contributed by atoms with E-state index in [0.29, 0.717) is 12.4 Å². The molecule has 4 rings (SSSR count). The van der Waals surface area contributed by atoms with Gasteiger partial charge in [-0.2, -0.15) is 13.2 Å². The second kappa shape index (κ2) is 8.30. The van der Waals surface area contributed by atoms with Gasteiger partial charge < -0.3 is 10.2 Å². The number of halogens is 3. The van der Waals surface area contributed by atoms with Crippen molar-refractivity contribution in [2.24, 2.45) is 0 Å². The molecule has 1 aromatic heterocycles. The van der Waals surface area contributed by atoms with E-state index in [1.807, 2.05) is 40.5 Å². The Morgan fingerprint density at radius 3 is 2.73 bits per heavy atom. The third-order valence-electron chi connectivity index (χ3n) is 5.34. The van der Waals surface area contributed by atoms with Gasteiger partial charge in [-0.3, -0.25) is 4.79 Å². The lowest BCUT2D eigenvalue weighted by atomic mass is 10.1. The average Bonchev–Trinajstić information content (AvgIpc) is 3.21. The SMILES string of the molecule is O=C(NCCC1CCCN1c1nccc(-c2ccc3ccccc3c2)n1)C(F)(F)F. The number of fused-ring (bicyclic) bond motifs is 1. The van der Waals surface area contributed by atoms with E-state index in [1.54, 1.807) is 6.20 Å². The molecule has 3 aromatic rings. The Morgan fingerprint density at radius 2 is 1.93 bits per heavy atom. The van der Waals surface area contributed by atoms with Crippen LogP contribution >= 0.6 is 0 Å². The molecule has 1 fully saturated rings. The highest BCUT2D eigenvalue weighted by molar-refractivity contribution is 5.86. The van der Waals surface area contributed by atoms with Crippen LogP contribution < -0.4 is 10.2 Å². The lowest BCUT2D eigenvalue weighted by Gasteiger charge is -2.25. The third-order valence-corrected chi connectivity index (χ3v) is 5.34. The molecule has 1 unspecified atom stereocenters. The maximum atomic E-state index is 12.4. The summed E-state index contributed by atoms with van der Waals surface area (Å²) in [5, 5.41) is 4.21. The van der Waals surface area contributed by atoms with Crippen molar-refractivity contribution in [3.05, 3.63) is 54.7 Å². The smallest absolute Gasteiger partial charge is 0.348 e. The summed E-state index contributed by atoms with van der Waals surface area (Å²) < 4.78 is 37.1. The Kier molecular flexibility index (Phi) is 5.57. The van der Waals surface area contributed by atoms with Gasteiger partial charge in [0.2, 0.25) is 5.95 Å². The molecular formula is C22H21F3N4O. The van der Waals surface area contributed by atoms with Gasteiger partial charge in [-0.1, -0.05) is 36.4 Å². The van der Waals surface area contributed by atoms with Gasteiger partial charge in [0.1, 0.15) is 0 Å². The molecule has 1 N–H and O–H groups in total. The van der Waals surface area contributed by atoms with Crippen LogP contribution in [0.4, 0.5) is 19.1 Å². The zero-order valence-electron chi connectivity index (χ0n) is 16.2. The predicted molar refractivity (Wildman–Crippen MR) is 109 cm³/mol. The summed E-state index contributed by atoms with van der Waals surface area (Å²) in [7, 11) is 0. The lowest BCUT2D eigenvalue weighted by Crippen LogP contribution is -2.40. The molecule has 2 heterocycles. The van der Waals surface area contributed by atoms with E-state index in [2.05, 4.69) is 23.2 Å². The van der Waals surface area contributed by atoms with Crippen LogP contribution in [0.2, 0.25) is 0 Å². The summed E-state index contributed by atoms with van der Waals surface area (Å²) in [6.07, 6.45) is -1.02. The molecule has 1 aliphatic rings. The van der Waals surface area contributed by atoms with Gasteiger partial charge in [-0.05, 0) is 42.2 Å². The van der Waals surface area contributed by atoms with Crippen molar-refractivity contribution in [2.75, 3.05) is 18.0 Å². The molecule has 30 heavy (non-hydrogen) atoms. The third kappa shape index (κ3) is 4.37. The van der Waals surface area contributed by atoms with Crippen LogP contribution in [0.25, 0.3) is 22.0 Å². The fourth-order valence-corrected chi connectivity index (χ4v) is 3.85. The first-order valence-electron chi connectivity index (χ1n) is 9.86. The fourth-order valence-electron chi connectivity index (χ4n) is 3.85. The van der Waals surface area contributed by atoms with Gasteiger partial charge in [-0.25, -0.2) is 9.97 Å². The van der Waals surface area contributed by atoms with E-state index in [0.717, 1.165) is 41.4 Å². The van der Waals surface area contributed by atoms with Crippen LogP contribution in [-0.4, -0.2) is 41.2 Å². The van der Waals surface area contributed by atoms with Gasteiger partial charge in [0.05, 0.1) is 5.69 Å². The van der Waals surface area contributed by atoms with E-state index >= 15 is 0 Å². The summed E-state index contributed by atoms with van der Waals surface area (Å²) in [5.74, 6) is -1.34. The van der Waals surface area contributed by atoms with Gasteiger partial charge in [-0.15, -0.1) is 0 Å². The molecule has 8 heteroatoms. The van der Waals surface area contributed by atoms with E-state index in [-0.39, 0.29) is 12.6 Å². The minimum Gasteiger partial charge on any atom is -0.348 e. The molecule has 0 spiro atoms. The summed E-state index contributed by atoms with van der Waals surface area (Å²) >= 11 is 0. The van der Waals surface area contributed by atoms with Crippen LogP contribution in [0.1, 0.15) is 19.3 Å². The quantitative estimate of drug-likeness (QED) is 0.675. The Hall–Kier alpha value is -3.16. The number of hydrogen-bond donors (Lipinski definition) is 1. The molecule has 1 saturated heterocycles. The number of hydrogen-bond acceptors (Lipinski definition) is 4. The highest BCUT2D eigenvalue weighted by Crippen LogP contribution is 2.28. The number of rotatable bonds is 5. The van der Waals surface area contributed by atoms with Crippen molar-refractivity contribution in [3.8, 4) is 11.3 Å². The molecule has 156 valence electrons. The Morgan fingerprint density at radius 1 is 1.13 bits per heavy atom. The zero-order chi connectivity index (χ0) is 21.1. The number of alkyl halides is 3. The number of nitrogens with zero attached hydrogens (tertiary/aromatic N) is 3. The minimum atomic E-state index is -4.85. The van der Waals surface area contributed by atoms with Crippen molar-refractivity contribution >= 4 is 22.6 Å². The van der Waals surface area contributed by atoms with Gasteiger partial charge in [0.25, 0.3) is 0 Å². The number of benzene rings is 2. The first-order chi connectivity index (χ1) is 14.4. The Labute approximate surface area is 171 Å². The monoisotopic (exact) mass is 414 g/mol. The maximum absolute atomic E-state index is 12.4. The van der Waals surface area contributed by atoms with Crippen LogP contribution in [-0.2, 0) is 4.79 Å². The van der Waals surface area contributed by atoms with Gasteiger partial charge in [0.15, 0.2) is 0 Å². The molecule has 1 atom stereocenters. The van der Waals surface area contributed by atoms with Crippen LogP contribution in [0.5, 0.6) is 0 Å². The van der Waals surface area contributed by atoms with Crippen molar-refractivity contribution in [2.45, 2.75) is 31.5 Å². The van der Waals surface area contributed by atoms with Crippen molar-refractivity contribution < 1.29 is 18.0 Å². The molecule has 1 amide bonds. The predicted octanol–water partition coefficient (Wildman–Crippen LogP) is 4.33. The number of nitrogens with one attached hydrogen (secondary N) is 1. The van der Waals surface area contributed by atoms with Crippen molar-refractivity contribution in [1.82, 2.24) is 15.3 Å². The van der Waals surface area contributed by atoms with Gasteiger partial charge in [0, 0.05) is 30.9 Å². The van der Waals surface area contributed by atoms with Crippen LogP contribution in [0, 0.1) is 0 Å². The average molecular weight is 414 g/mol. The minimum absolute atomic E-state index is 0.00890. The molecule has 5 nitrogen and oxygen atoms in total.